The van der Waals surface area contributed by atoms with Crippen LogP contribution in [-0.4, -0.2) is 45.5 Å². The van der Waals surface area contributed by atoms with Crippen LogP contribution in [0, 0.1) is 0 Å². The largest absolute Gasteiger partial charge is 0.453 e. The van der Waals surface area contributed by atoms with E-state index in [2.05, 4.69) is 15.4 Å². The fraction of sp³-hybridized carbons (Fsp3) is 0.857. The van der Waals surface area contributed by atoms with Gasteiger partial charge < -0.3 is 20.1 Å². The van der Waals surface area contributed by atoms with E-state index in [4.69, 9.17) is 4.74 Å². The molecule has 0 spiro atoms. The number of hydrogen-bond acceptors (Lipinski definition) is 4. The average Bonchev–Trinajstić information content (AvgIpc) is 2.51. The van der Waals surface area contributed by atoms with Gasteiger partial charge in [0.2, 0.25) is 0 Å². The van der Waals surface area contributed by atoms with Crippen LogP contribution >= 0.6 is 0 Å². The number of ether oxygens (including phenoxy) is 2. The molecule has 0 aromatic rings. The van der Waals surface area contributed by atoms with E-state index in [0.29, 0.717) is 0 Å². The molecule has 1 aliphatic rings. The molecular formula is C7H14N2O3. The van der Waals surface area contributed by atoms with E-state index in [1.807, 2.05) is 0 Å². The molecule has 5 nitrogen and oxygen atoms in total. The molecule has 1 heterocycles. The summed E-state index contributed by atoms with van der Waals surface area (Å²) in [5.74, 6) is 0. The van der Waals surface area contributed by atoms with Crippen LogP contribution in [0.25, 0.3) is 0 Å². The highest BCUT2D eigenvalue weighted by Crippen LogP contribution is 2.03. The van der Waals surface area contributed by atoms with E-state index in [9.17, 15) is 4.79 Å². The van der Waals surface area contributed by atoms with Crippen molar-refractivity contribution in [2.24, 2.45) is 0 Å². The predicted molar refractivity (Wildman–Crippen MR) is 43.0 cm³/mol. The summed E-state index contributed by atoms with van der Waals surface area (Å²) in [5, 5.41) is 5.79. The van der Waals surface area contributed by atoms with E-state index in [1.54, 1.807) is 7.11 Å². The second-order valence-electron chi connectivity index (χ2n) is 2.67. The smallest absolute Gasteiger partial charge is 0.407 e. The SMILES string of the molecule is COC(=O)NC1CNC[C@@H]1OC. The molecule has 0 radical (unpaired) electrons. The molecule has 1 aliphatic heterocycles. The van der Waals surface area contributed by atoms with Gasteiger partial charge in [-0.25, -0.2) is 4.79 Å². The van der Waals surface area contributed by atoms with Gasteiger partial charge in [-0.3, -0.25) is 0 Å². The number of amides is 1. The lowest BCUT2D eigenvalue weighted by Crippen LogP contribution is -2.43. The monoisotopic (exact) mass is 174 g/mol. The third-order valence-electron chi connectivity index (χ3n) is 1.95. The van der Waals surface area contributed by atoms with Gasteiger partial charge in [0.05, 0.1) is 19.3 Å². The van der Waals surface area contributed by atoms with Gasteiger partial charge in [-0.15, -0.1) is 0 Å². The second-order valence-corrected chi connectivity index (χ2v) is 2.67. The maximum atomic E-state index is 10.8. The van der Waals surface area contributed by atoms with Gasteiger partial charge in [0, 0.05) is 20.2 Å². The van der Waals surface area contributed by atoms with Crippen LogP contribution in [0.15, 0.2) is 0 Å². The van der Waals surface area contributed by atoms with E-state index in [-0.39, 0.29) is 12.1 Å². The molecule has 1 fully saturated rings. The predicted octanol–water partition coefficient (Wildman–Crippen LogP) is -0.671. The molecule has 2 N–H and O–H groups in total. The molecule has 1 amide bonds. The Morgan fingerprint density at radius 2 is 2.25 bits per heavy atom. The number of alkyl carbamates (subject to hydrolysis) is 1. The van der Waals surface area contributed by atoms with Crippen LogP contribution in [0.5, 0.6) is 0 Å². The van der Waals surface area contributed by atoms with Crippen LogP contribution in [0.2, 0.25) is 0 Å². The van der Waals surface area contributed by atoms with Crippen molar-refractivity contribution >= 4 is 6.09 Å². The normalized spacial score (nSPS) is 28.5. The van der Waals surface area contributed by atoms with Gasteiger partial charge in [-0.1, -0.05) is 0 Å². The molecule has 0 aromatic heterocycles. The molecule has 1 rings (SSSR count). The lowest BCUT2D eigenvalue weighted by Gasteiger charge is -2.17. The van der Waals surface area contributed by atoms with Gasteiger partial charge in [-0.05, 0) is 0 Å². The summed E-state index contributed by atoms with van der Waals surface area (Å²) in [6.07, 6.45) is -0.366. The zero-order chi connectivity index (χ0) is 8.97. The van der Waals surface area contributed by atoms with Crippen molar-refractivity contribution in [1.82, 2.24) is 10.6 Å². The van der Waals surface area contributed by atoms with Crippen molar-refractivity contribution in [3.63, 3.8) is 0 Å². The molecule has 0 aliphatic carbocycles. The first-order chi connectivity index (χ1) is 5.77. The molecule has 70 valence electrons. The van der Waals surface area contributed by atoms with Crippen LogP contribution in [-0.2, 0) is 9.47 Å². The number of nitrogens with one attached hydrogen (secondary N) is 2. The Balaban J connectivity index is 2.35. The maximum Gasteiger partial charge on any atom is 0.407 e. The standard InChI is InChI=1S/C7H14N2O3/c1-11-6-4-8-3-5(6)9-7(10)12-2/h5-6,8H,3-4H2,1-2H3,(H,9,10)/t5?,6-/m0/s1. The van der Waals surface area contributed by atoms with Crippen molar-refractivity contribution < 1.29 is 14.3 Å². The molecule has 1 saturated heterocycles. The maximum absolute atomic E-state index is 10.8. The van der Waals surface area contributed by atoms with Gasteiger partial charge in [0.1, 0.15) is 0 Å². The molecule has 2 atom stereocenters. The second kappa shape index (κ2) is 4.27. The van der Waals surface area contributed by atoms with Crippen LogP contribution in [0.1, 0.15) is 0 Å². The van der Waals surface area contributed by atoms with Gasteiger partial charge in [-0.2, -0.15) is 0 Å². The van der Waals surface area contributed by atoms with E-state index >= 15 is 0 Å². The quantitative estimate of drug-likeness (QED) is 0.583. The Morgan fingerprint density at radius 3 is 2.83 bits per heavy atom. The Hall–Kier alpha value is -0.810. The van der Waals surface area contributed by atoms with Crippen LogP contribution in [0.3, 0.4) is 0 Å². The highest BCUT2D eigenvalue weighted by atomic mass is 16.5. The lowest BCUT2D eigenvalue weighted by atomic mass is 10.2. The number of methoxy groups -OCH3 is 2. The molecule has 0 bridgehead atoms. The first-order valence-corrected chi connectivity index (χ1v) is 3.86. The number of carbonyl (C=O) groups excluding carboxylic acids is 1. The van der Waals surface area contributed by atoms with Crippen molar-refractivity contribution in [3.05, 3.63) is 0 Å². The summed E-state index contributed by atoms with van der Waals surface area (Å²) in [6, 6.07) is 0.0162. The first kappa shape index (κ1) is 9.28. The molecule has 0 saturated carbocycles. The fourth-order valence-electron chi connectivity index (χ4n) is 1.26. The van der Waals surface area contributed by atoms with Gasteiger partial charge in [0.25, 0.3) is 0 Å². The molecular weight excluding hydrogens is 160 g/mol. The fourth-order valence-corrected chi connectivity index (χ4v) is 1.26. The minimum Gasteiger partial charge on any atom is -0.453 e. The zero-order valence-corrected chi connectivity index (χ0v) is 7.29. The van der Waals surface area contributed by atoms with Crippen LogP contribution < -0.4 is 10.6 Å². The van der Waals surface area contributed by atoms with Crippen molar-refractivity contribution in [3.8, 4) is 0 Å². The average molecular weight is 174 g/mol. The molecule has 0 aromatic carbocycles. The van der Waals surface area contributed by atoms with E-state index < -0.39 is 6.09 Å². The summed E-state index contributed by atoms with van der Waals surface area (Å²) in [4.78, 5) is 10.8. The van der Waals surface area contributed by atoms with Crippen molar-refractivity contribution in [2.75, 3.05) is 27.3 Å². The topological polar surface area (TPSA) is 59.6 Å². The number of rotatable bonds is 2. The minimum atomic E-state index is -0.411. The Bertz CT molecular complexity index is 163. The Kier molecular flexibility index (Phi) is 3.31. The summed E-state index contributed by atoms with van der Waals surface area (Å²) < 4.78 is 9.61. The highest BCUT2D eigenvalue weighted by molar-refractivity contribution is 5.67. The summed E-state index contributed by atoms with van der Waals surface area (Å²) in [5.41, 5.74) is 0. The third-order valence-corrected chi connectivity index (χ3v) is 1.95. The van der Waals surface area contributed by atoms with Gasteiger partial charge in [0.15, 0.2) is 0 Å². The van der Waals surface area contributed by atoms with E-state index in [0.717, 1.165) is 13.1 Å². The molecule has 5 heteroatoms. The Labute approximate surface area is 71.4 Å². The first-order valence-electron chi connectivity index (χ1n) is 3.86. The summed E-state index contributed by atoms with van der Waals surface area (Å²) in [7, 11) is 2.98. The Morgan fingerprint density at radius 1 is 1.50 bits per heavy atom. The summed E-state index contributed by atoms with van der Waals surface area (Å²) in [6.45, 7) is 1.50. The molecule has 1 unspecified atom stereocenters. The number of carbonyl (C=O) groups is 1. The van der Waals surface area contributed by atoms with Crippen molar-refractivity contribution in [2.45, 2.75) is 12.1 Å². The van der Waals surface area contributed by atoms with Gasteiger partial charge >= 0.3 is 6.09 Å². The van der Waals surface area contributed by atoms with Crippen LogP contribution in [0.4, 0.5) is 4.79 Å². The zero-order valence-electron chi connectivity index (χ0n) is 7.29. The highest BCUT2D eigenvalue weighted by Gasteiger charge is 2.28. The lowest BCUT2D eigenvalue weighted by molar-refractivity contribution is 0.0916. The number of hydrogen-bond donors (Lipinski definition) is 2. The van der Waals surface area contributed by atoms with E-state index in [1.165, 1.54) is 7.11 Å². The van der Waals surface area contributed by atoms with Crippen molar-refractivity contribution in [1.29, 1.82) is 0 Å². The molecule has 12 heavy (non-hydrogen) atoms. The minimum absolute atomic E-state index is 0.0162. The third kappa shape index (κ3) is 2.09. The summed E-state index contributed by atoms with van der Waals surface area (Å²) >= 11 is 0.